The summed E-state index contributed by atoms with van der Waals surface area (Å²) in [5, 5.41) is 14.3. The molecular weight excluding hydrogens is 425 g/mol. The third-order valence-electron chi connectivity index (χ3n) is 4.24. The molecule has 4 rings (SSSR count). The van der Waals surface area contributed by atoms with E-state index in [2.05, 4.69) is 10.1 Å². The summed E-state index contributed by atoms with van der Waals surface area (Å²) >= 11 is 0.996. The standard InChI is InChI=1S/C20H12F5N3OS/c21-14-5-2-6-16(19(14)22)30-10-13-8-18(29)28-17(26-13)9-15(27-28)11-3-1-4-12(7-11)20(23,24)25/h1-9,29H,10H2. The van der Waals surface area contributed by atoms with Crippen LogP contribution in [0.15, 0.2) is 59.5 Å². The maximum absolute atomic E-state index is 13.8. The first-order valence-corrected chi connectivity index (χ1v) is 9.54. The molecule has 0 amide bonds. The third kappa shape index (κ3) is 3.95. The minimum absolute atomic E-state index is 0.0920. The lowest BCUT2D eigenvalue weighted by Gasteiger charge is -2.07. The molecule has 0 aliphatic carbocycles. The van der Waals surface area contributed by atoms with Gasteiger partial charge in [0.15, 0.2) is 17.3 Å². The van der Waals surface area contributed by atoms with E-state index in [-0.39, 0.29) is 33.4 Å². The number of halogens is 5. The molecule has 0 atom stereocenters. The molecule has 2 heterocycles. The fraction of sp³-hybridized carbons (Fsp3) is 0.100. The van der Waals surface area contributed by atoms with Crippen molar-refractivity contribution in [2.24, 2.45) is 0 Å². The zero-order valence-electron chi connectivity index (χ0n) is 15.0. The number of alkyl halides is 3. The Morgan fingerprint density at radius 3 is 2.53 bits per heavy atom. The van der Waals surface area contributed by atoms with Gasteiger partial charge in [-0.15, -0.1) is 11.8 Å². The Morgan fingerprint density at radius 2 is 1.77 bits per heavy atom. The maximum Gasteiger partial charge on any atom is 0.416 e. The molecular formula is C20H12F5N3OS. The molecule has 0 aliphatic heterocycles. The topological polar surface area (TPSA) is 50.4 Å². The van der Waals surface area contributed by atoms with Crippen LogP contribution in [0, 0.1) is 11.6 Å². The Labute approximate surface area is 171 Å². The number of rotatable bonds is 4. The number of nitrogens with zero attached hydrogens (tertiary/aromatic N) is 3. The average Bonchev–Trinajstić information content (AvgIpc) is 3.13. The molecule has 0 saturated carbocycles. The van der Waals surface area contributed by atoms with E-state index in [4.69, 9.17) is 0 Å². The first-order valence-electron chi connectivity index (χ1n) is 8.55. The highest BCUT2D eigenvalue weighted by atomic mass is 32.2. The van der Waals surface area contributed by atoms with E-state index < -0.39 is 23.4 Å². The van der Waals surface area contributed by atoms with Gasteiger partial charge >= 0.3 is 6.18 Å². The van der Waals surface area contributed by atoms with Gasteiger partial charge in [-0.05, 0) is 24.3 Å². The fourth-order valence-electron chi connectivity index (χ4n) is 2.83. The van der Waals surface area contributed by atoms with Crippen molar-refractivity contribution in [1.29, 1.82) is 0 Å². The fourth-order valence-corrected chi connectivity index (χ4v) is 3.68. The normalized spacial score (nSPS) is 11.9. The van der Waals surface area contributed by atoms with Crippen LogP contribution in [0.5, 0.6) is 5.88 Å². The minimum atomic E-state index is -4.49. The molecule has 2 aromatic carbocycles. The smallest absolute Gasteiger partial charge is 0.416 e. The summed E-state index contributed by atoms with van der Waals surface area (Å²) in [5.41, 5.74) is 0.169. The van der Waals surface area contributed by atoms with Gasteiger partial charge in [0.05, 0.1) is 17.0 Å². The van der Waals surface area contributed by atoms with Crippen molar-refractivity contribution < 1.29 is 27.1 Å². The first kappa shape index (κ1) is 20.1. The predicted molar refractivity (Wildman–Crippen MR) is 101 cm³/mol. The van der Waals surface area contributed by atoms with Crippen LogP contribution in [-0.2, 0) is 11.9 Å². The molecule has 0 unspecified atom stereocenters. The van der Waals surface area contributed by atoms with Crippen molar-refractivity contribution >= 4 is 17.4 Å². The van der Waals surface area contributed by atoms with Gasteiger partial charge in [-0.25, -0.2) is 13.8 Å². The summed E-state index contributed by atoms with van der Waals surface area (Å²) in [6, 6.07) is 11.2. The summed E-state index contributed by atoms with van der Waals surface area (Å²) < 4.78 is 67.1. The highest BCUT2D eigenvalue weighted by molar-refractivity contribution is 7.98. The van der Waals surface area contributed by atoms with E-state index in [9.17, 15) is 27.1 Å². The lowest BCUT2D eigenvalue weighted by atomic mass is 10.1. The van der Waals surface area contributed by atoms with Crippen LogP contribution in [0.4, 0.5) is 22.0 Å². The van der Waals surface area contributed by atoms with Crippen LogP contribution in [0.1, 0.15) is 11.3 Å². The highest BCUT2D eigenvalue weighted by Gasteiger charge is 2.30. The Morgan fingerprint density at radius 1 is 1.00 bits per heavy atom. The van der Waals surface area contributed by atoms with Crippen LogP contribution in [0.2, 0.25) is 0 Å². The monoisotopic (exact) mass is 437 g/mol. The first-order chi connectivity index (χ1) is 14.2. The lowest BCUT2D eigenvalue weighted by Crippen LogP contribution is -2.04. The number of fused-ring (bicyclic) bond motifs is 1. The Balaban J connectivity index is 1.64. The second-order valence-electron chi connectivity index (χ2n) is 6.32. The van der Waals surface area contributed by atoms with Gasteiger partial charge in [0.25, 0.3) is 0 Å². The third-order valence-corrected chi connectivity index (χ3v) is 5.31. The van der Waals surface area contributed by atoms with Crippen molar-refractivity contribution in [2.75, 3.05) is 0 Å². The Bertz CT molecular complexity index is 1240. The van der Waals surface area contributed by atoms with Gasteiger partial charge in [0.1, 0.15) is 0 Å². The van der Waals surface area contributed by atoms with Gasteiger partial charge in [0, 0.05) is 28.3 Å². The number of aromatic nitrogens is 3. The second kappa shape index (κ2) is 7.60. The number of hydrogen-bond donors (Lipinski definition) is 1. The number of benzene rings is 2. The van der Waals surface area contributed by atoms with Gasteiger partial charge in [-0.3, -0.25) is 0 Å². The summed E-state index contributed by atoms with van der Waals surface area (Å²) in [7, 11) is 0. The molecule has 0 fully saturated rings. The van der Waals surface area contributed by atoms with E-state index in [0.29, 0.717) is 5.69 Å². The molecule has 4 nitrogen and oxygen atoms in total. The SMILES string of the molecule is Oc1cc(CSc2cccc(F)c2F)nc2cc(-c3cccc(C(F)(F)F)c3)nn12. The molecule has 2 aromatic heterocycles. The quantitative estimate of drug-likeness (QED) is 0.329. The molecule has 0 spiro atoms. The maximum atomic E-state index is 13.8. The summed E-state index contributed by atoms with van der Waals surface area (Å²) in [6.45, 7) is 0. The molecule has 4 aromatic rings. The average molecular weight is 437 g/mol. The van der Waals surface area contributed by atoms with Gasteiger partial charge < -0.3 is 5.11 Å². The summed E-state index contributed by atoms with van der Waals surface area (Å²) in [5.74, 6) is -2.08. The molecule has 0 saturated heterocycles. The highest BCUT2D eigenvalue weighted by Crippen LogP contribution is 2.33. The molecule has 0 bridgehead atoms. The number of aromatic hydroxyl groups is 1. The largest absolute Gasteiger partial charge is 0.493 e. The van der Waals surface area contributed by atoms with Crippen LogP contribution in [0.25, 0.3) is 16.9 Å². The molecule has 1 N–H and O–H groups in total. The zero-order valence-corrected chi connectivity index (χ0v) is 15.8. The molecule has 0 aliphatic rings. The predicted octanol–water partition coefficient (Wildman–Crippen LogP) is 5.69. The Hall–Kier alpha value is -3.14. The molecule has 154 valence electrons. The summed E-state index contributed by atoms with van der Waals surface area (Å²) in [4.78, 5) is 4.39. The van der Waals surface area contributed by atoms with Crippen molar-refractivity contribution in [3.05, 3.63) is 77.5 Å². The Kier molecular flexibility index (Phi) is 5.10. The van der Waals surface area contributed by atoms with E-state index in [0.717, 1.165) is 34.5 Å². The lowest BCUT2D eigenvalue weighted by molar-refractivity contribution is -0.137. The van der Waals surface area contributed by atoms with Gasteiger partial charge in [-0.2, -0.15) is 22.8 Å². The van der Waals surface area contributed by atoms with Crippen LogP contribution < -0.4 is 0 Å². The van der Waals surface area contributed by atoms with Crippen LogP contribution in [-0.4, -0.2) is 19.7 Å². The van der Waals surface area contributed by atoms with Crippen molar-refractivity contribution in [3.63, 3.8) is 0 Å². The van der Waals surface area contributed by atoms with Crippen LogP contribution >= 0.6 is 11.8 Å². The molecule has 10 heteroatoms. The van der Waals surface area contributed by atoms with E-state index in [1.807, 2.05) is 0 Å². The zero-order chi connectivity index (χ0) is 21.5. The summed E-state index contributed by atoms with van der Waals surface area (Å²) in [6.07, 6.45) is -4.49. The minimum Gasteiger partial charge on any atom is -0.493 e. The van der Waals surface area contributed by atoms with Gasteiger partial charge in [0.2, 0.25) is 5.88 Å². The van der Waals surface area contributed by atoms with E-state index in [1.54, 1.807) is 0 Å². The van der Waals surface area contributed by atoms with Gasteiger partial charge in [-0.1, -0.05) is 18.2 Å². The molecule has 30 heavy (non-hydrogen) atoms. The van der Waals surface area contributed by atoms with Crippen LogP contribution in [0.3, 0.4) is 0 Å². The second-order valence-corrected chi connectivity index (χ2v) is 7.34. The van der Waals surface area contributed by atoms with Crippen molar-refractivity contribution in [3.8, 4) is 17.1 Å². The number of thioether (sulfide) groups is 1. The van der Waals surface area contributed by atoms with E-state index >= 15 is 0 Å². The molecule has 0 radical (unpaired) electrons. The van der Waals surface area contributed by atoms with Crippen molar-refractivity contribution in [2.45, 2.75) is 16.8 Å². The van der Waals surface area contributed by atoms with Crippen molar-refractivity contribution in [1.82, 2.24) is 14.6 Å². The van der Waals surface area contributed by atoms with E-state index in [1.165, 1.54) is 36.4 Å². The number of hydrogen-bond acceptors (Lipinski definition) is 4.